The molecule has 44 heavy (non-hydrogen) atoms. The Morgan fingerprint density at radius 2 is 0.705 bits per heavy atom. The van der Waals surface area contributed by atoms with E-state index in [0.717, 1.165) is 49.9 Å². The van der Waals surface area contributed by atoms with Crippen LogP contribution in [-0.2, 0) is 38.5 Å². The first-order chi connectivity index (χ1) is 21.5. The Morgan fingerprint density at radius 1 is 0.364 bits per heavy atom. The minimum Gasteiger partial charge on any atom is -0.399 e. The summed E-state index contributed by atoms with van der Waals surface area (Å²) in [6.45, 7) is 4.53. The van der Waals surface area contributed by atoms with Crippen molar-refractivity contribution in [3.8, 4) is 0 Å². The van der Waals surface area contributed by atoms with Crippen LogP contribution in [0.25, 0.3) is 0 Å². The van der Waals surface area contributed by atoms with E-state index in [4.69, 9.17) is 11.5 Å². The predicted octanol–water partition coefficient (Wildman–Crippen LogP) is 10.8. The van der Waals surface area contributed by atoms with Gasteiger partial charge in [-0.25, -0.2) is 0 Å². The number of unbranched alkanes of at least 4 members (excludes halogenated alkanes) is 8. The van der Waals surface area contributed by atoms with Crippen molar-refractivity contribution < 1.29 is 0 Å². The fraction of sp³-hybridized carbons (Fsp3) is 0.429. The number of anilines is 2. The van der Waals surface area contributed by atoms with Gasteiger partial charge in [0, 0.05) is 11.4 Å². The zero-order valence-corrected chi connectivity index (χ0v) is 27.6. The van der Waals surface area contributed by atoms with Crippen LogP contribution in [0.3, 0.4) is 0 Å². The van der Waals surface area contributed by atoms with Crippen molar-refractivity contribution in [1.82, 2.24) is 0 Å². The Hall–Kier alpha value is -3.52. The lowest BCUT2D eigenvalue weighted by Crippen LogP contribution is -1.98. The molecule has 4 aromatic carbocycles. The first kappa shape index (κ1) is 33.4. The summed E-state index contributed by atoms with van der Waals surface area (Å²) in [4.78, 5) is 0. The largest absolute Gasteiger partial charge is 0.399 e. The normalized spacial score (nSPS) is 11.2. The summed E-state index contributed by atoms with van der Waals surface area (Å²) >= 11 is 0. The van der Waals surface area contributed by atoms with Crippen LogP contribution < -0.4 is 11.5 Å². The Bertz CT molecular complexity index is 1280. The molecule has 0 atom stereocenters. The van der Waals surface area contributed by atoms with Crippen molar-refractivity contribution in [2.45, 2.75) is 117 Å². The predicted molar refractivity (Wildman–Crippen MR) is 193 cm³/mol. The van der Waals surface area contributed by atoms with Crippen LogP contribution in [0.4, 0.5) is 11.4 Å². The fourth-order valence-corrected chi connectivity index (χ4v) is 6.22. The lowest BCUT2D eigenvalue weighted by atomic mass is 9.96. The van der Waals surface area contributed by atoms with Gasteiger partial charge in [-0.05, 0) is 108 Å². The highest BCUT2D eigenvalue weighted by atomic mass is 14.6. The summed E-state index contributed by atoms with van der Waals surface area (Å²) in [5.41, 5.74) is 25.3. The molecular formula is C42H56N2. The van der Waals surface area contributed by atoms with Crippen molar-refractivity contribution in [3.05, 3.63) is 129 Å². The van der Waals surface area contributed by atoms with Crippen molar-refractivity contribution in [2.75, 3.05) is 11.5 Å². The maximum absolute atomic E-state index is 6.30. The Balaban J connectivity index is 1.23. The summed E-state index contributed by atoms with van der Waals surface area (Å²) in [7, 11) is 0. The smallest absolute Gasteiger partial charge is 0.0346 e. The van der Waals surface area contributed by atoms with Gasteiger partial charge in [-0.2, -0.15) is 0 Å². The molecule has 2 heteroatoms. The van der Waals surface area contributed by atoms with E-state index in [1.165, 1.54) is 109 Å². The molecule has 0 bridgehead atoms. The van der Waals surface area contributed by atoms with Gasteiger partial charge >= 0.3 is 0 Å². The molecule has 0 unspecified atom stereocenters. The van der Waals surface area contributed by atoms with E-state index in [0.29, 0.717) is 0 Å². The van der Waals surface area contributed by atoms with Gasteiger partial charge in [-0.15, -0.1) is 0 Å². The third-order valence-corrected chi connectivity index (χ3v) is 9.08. The minimum atomic E-state index is 0.940. The molecule has 0 aliphatic rings. The molecule has 4 rings (SSSR count). The third-order valence-electron chi connectivity index (χ3n) is 9.08. The fourth-order valence-electron chi connectivity index (χ4n) is 6.22. The Kier molecular flexibility index (Phi) is 13.9. The van der Waals surface area contributed by atoms with Gasteiger partial charge in [0.1, 0.15) is 0 Å². The van der Waals surface area contributed by atoms with Crippen LogP contribution >= 0.6 is 0 Å². The molecule has 0 radical (unpaired) electrons. The molecule has 0 heterocycles. The van der Waals surface area contributed by atoms with Gasteiger partial charge < -0.3 is 11.5 Å². The van der Waals surface area contributed by atoms with Crippen LogP contribution in [0.1, 0.15) is 123 Å². The van der Waals surface area contributed by atoms with Crippen LogP contribution in [0.15, 0.2) is 84.9 Å². The number of aryl methyl sites for hydroxylation is 4. The van der Waals surface area contributed by atoms with Crippen LogP contribution in [0, 0.1) is 0 Å². The van der Waals surface area contributed by atoms with Gasteiger partial charge in [-0.1, -0.05) is 138 Å². The monoisotopic (exact) mass is 588 g/mol. The molecule has 0 spiro atoms. The number of rotatable bonds is 19. The van der Waals surface area contributed by atoms with E-state index in [1.54, 1.807) is 0 Å². The van der Waals surface area contributed by atoms with Gasteiger partial charge in [0.25, 0.3) is 0 Å². The number of hydrogen-bond donors (Lipinski definition) is 2. The quantitative estimate of drug-likeness (QED) is 0.0845. The lowest BCUT2D eigenvalue weighted by molar-refractivity contribution is 0.632. The summed E-state index contributed by atoms with van der Waals surface area (Å²) in [5.74, 6) is 0. The molecule has 0 amide bonds. The second kappa shape index (κ2) is 18.3. The highest BCUT2D eigenvalue weighted by Gasteiger charge is 2.06. The molecule has 0 aliphatic heterocycles. The van der Waals surface area contributed by atoms with Crippen LogP contribution in [-0.4, -0.2) is 0 Å². The van der Waals surface area contributed by atoms with E-state index in [9.17, 15) is 0 Å². The van der Waals surface area contributed by atoms with E-state index in [2.05, 4.69) is 98.8 Å². The van der Waals surface area contributed by atoms with Gasteiger partial charge in [0.2, 0.25) is 0 Å². The third kappa shape index (κ3) is 11.2. The number of benzene rings is 4. The van der Waals surface area contributed by atoms with Crippen molar-refractivity contribution in [1.29, 1.82) is 0 Å². The second-order valence-electron chi connectivity index (χ2n) is 12.9. The van der Waals surface area contributed by atoms with Crippen molar-refractivity contribution >= 4 is 11.4 Å². The van der Waals surface area contributed by atoms with E-state index < -0.39 is 0 Å². The highest BCUT2D eigenvalue weighted by Crippen LogP contribution is 2.22. The maximum atomic E-state index is 6.30. The molecule has 4 N–H and O–H groups in total. The van der Waals surface area contributed by atoms with Crippen LogP contribution in [0.2, 0.25) is 0 Å². The van der Waals surface area contributed by atoms with Gasteiger partial charge in [-0.3, -0.25) is 0 Å². The summed E-state index contributed by atoms with van der Waals surface area (Å²) in [6, 6.07) is 31.6. The second-order valence-corrected chi connectivity index (χ2v) is 12.9. The zero-order chi connectivity index (χ0) is 31.0. The van der Waals surface area contributed by atoms with Crippen molar-refractivity contribution in [3.63, 3.8) is 0 Å². The zero-order valence-electron chi connectivity index (χ0n) is 27.6. The molecule has 0 saturated heterocycles. The number of nitrogen functional groups attached to an aromatic ring is 2. The van der Waals surface area contributed by atoms with E-state index in [-0.39, 0.29) is 0 Å². The van der Waals surface area contributed by atoms with E-state index in [1.807, 2.05) is 0 Å². The molecule has 0 saturated carbocycles. The molecule has 0 aliphatic carbocycles. The SMILES string of the molecule is CCCCCCCc1cc(Cc2ccc(CCc3ccc(Cc4ccc(N)c(CCCCCCC)c4)cc3)cc2)ccc1N. The average Bonchev–Trinajstić information content (AvgIpc) is 3.04. The van der Waals surface area contributed by atoms with Crippen molar-refractivity contribution in [2.24, 2.45) is 0 Å². The van der Waals surface area contributed by atoms with Gasteiger partial charge in [0.15, 0.2) is 0 Å². The van der Waals surface area contributed by atoms with E-state index >= 15 is 0 Å². The molecular weight excluding hydrogens is 532 g/mol. The molecule has 4 aromatic rings. The first-order valence-electron chi connectivity index (χ1n) is 17.4. The summed E-state index contributed by atoms with van der Waals surface area (Å²) < 4.78 is 0. The molecule has 2 nitrogen and oxygen atoms in total. The molecule has 0 aromatic heterocycles. The highest BCUT2D eigenvalue weighted by molar-refractivity contribution is 5.50. The Morgan fingerprint density at radius 3 is 1.09 bits per heavy atom. The standard InChI is InChI=1S/C42H56N2/c1-3-5-7-9-11-13-39-31-37(25-27-41(39)43)29-35-21-17-33(18-22-35)15-16-34-19-23-36(24-20-34)30-38-26-28-42(44)40(32-38)14-12-10-8-6-4-2/h17-28,31-32H,3-16,29-30,43-44H2,1-2H3. The number of nitrogens with two attached hydrogens (primary N) is 2. The number of hydrogen-bond acceptors (Lipinski definition) is 2. The first-order valence-corrected chi connectivity index (χ1v) is 17.4. The Labute approximate surface area is 268 Å². The summed E-state index contributed by atoms with van der Waals surface area (Å²) in [6.07, 6.45) is 19.2. The maximum Gasteiger partial charge on any atom is 0.0346 e. The topological polar surface area (TPSA) is 52.0 Å². The lowest BCUT2D eigenvalue weighted by Gasteiger charge is -2.10. The minimum absolute atomic E-state index is 0.940. The molecule has 0 fully saturated rings. The molecule has 234 valence electrons. The van der Waals surface area contributed by atoms with Crippen LogP contribution in [0.5, 0.6) is 0 Å². The summed E-state index contributed by atoms with van der Waals surface area (Å²) in [5, 5.41) is 0. The average molecular weight is 589 g/mol. The van der Waals surface area contributed by atoms with Gasteiger partial charge in [0.05, 0.1) is 0 Å².